The molecular formula is C22H25FN2O2. The van der Waals surface area contributed by atoms with Gasteiger partial charge < -0.3 is 10.1 Å². The number of nitrogens with zero attached hydrogens (tertiary/aromatic N) is 1. The highest BCUT2D eigenvalue weighted by molar-refractivity contribution is 5.70. The Hall–Kier alpha value is -2.40. The molecule has 5 heteroatoms. The van der Waals surface area contributed by atoms with E-state index in [4.69, 9.17) is 4.74 Å². The van der Waals surface area contributed by atoms with E-state index >= 15 is 0 Å². The molecule has 2 aliphatic rings. The van der Waals surface area contributed by atoms with E-state index < -0.39 is 0 Å². The molecule has 0 spiro atoms. The number of halogens is 1. The van der Waals surface area contributed by atoms with Crippen LogP contribution in [0.15, 0.2) is 48.5 Å². The molecule has 2 aliphatic heterocycles. The molecule has 0 saturated carbocycles. The van der Waals surface area contributed by atoms with Crippen molar-refractivity contribution in [1.82, 2.24) is 10.2 Å². The normalized spacial score (nSPS) is 22.6. The molecule has 1 fully saturated rings. The predicted octanol–water partition coefficient (Wildman–Crippen LogP) is 4.05. The lowest BCUT2D eigenvalue weighted by atomic mass is 9.88. The second kappa shape index (κ2) is 8.09. The summed E-state index contributed by atoms with van der Waals surface area (Å²) < 4.78 is 19.3. The Kier molecular flexibility index (Phi) is 5.39. The molecule has 1 saturated heterocycles. The maximum atomic E-state index is 13.4. The SMILES string of the molecule is O=C(O[C@H]1CCCCNC1)N1CCc2ccccc2[C@@H]1c1ccc(F)cc1. The molecule has 0 bridgehead atoms. The Morgan fingerprint density at radius 2 is 1.93 bits per heavy atom. The number of benzene rings is 2. The third-order valence-corrected chi connectivity index (χ3v) is 5.47. The number of carbonyl (C=O) groups is 1. The van der Waals surface area contributed by atoms with Crippen LogP contribution in [0.25, 0.3) is 0 Å². The molecule has 2 aromatic rings. The highest BCUT2D eigenvalue weighted by atomic mass is 19.1. The number of hydrogen-bond acceptors (Lipinski definition) is 3. The smallest absolute Gasteiger partial charge is 0.410 e. The molecule has 1 N–H and O–H groups in total. The minimum atomic E-state index is -0.285. The molecule has 2 aromatic carbocycles. The van der Waals surface area contributed by atoms with Crippen molar-refractivity contribution in [3.8, 4) is 0 Å². The second-order valence-electron chi connectivity index (χ2n) is 7.30. The lowest BCUT2D eigenvalue weighted by Gasteiger charge is -2.37. The van der Waals surface area contributed by atoms with Crippen molar-refractivity contribution < 1.29 is 13.9 Å². The van der Waals surface area contributed by atoms with Gasteiger partial charge in [-0.25, -0.2) is 9.18 Å². The van der Waals surface area contributed by atoms with Gasteiger partial charge in [-0.3, -0.25) is 4.90 Å². The summed E-state index contributed by atoms with van der Waals surface area (Å²) in [6.45, 7) is 2.28. The van der Waals surface area contributed by atoms with Gasteiger partial charge in [-0.05, 0) is 61.1 Å². The average molecular weight is 368 g/mol. The van der Waals surface area contributed by atoms with Gasteiger partial charge in [0.1, 0.15) is 11.9 Å². The summed E-state index contributed by atoms with van der Waals surface area (Å²) in [4.78, 5) is 14.8. The Balaban J connectivity index is 1.62. The number of hydrogen-bond donors (Lipinski definition) is 1. The van der Waals surface area contributed by atoms with E-state index in [0.29, 0.717) is 13.1 Å². The average Bonchev–Trinajstić information content (AvgIpc) is 2.96. The fourth-order valence-electron chi connectivity index (χ4n) is 4.07. The summed E-state index contributed by atoms with van der Waals surface area (Å²) >= 11 is 0. The van der Waals surface area contributed by atoms with Crippen molar-refractivity contribution in [1.29, 1.82) is 0 Å². The van der Waals surface area contributed by atoms with Gasteiger partial charge in [-0.1, -0.05) is 36.4 Å². The van der Waals surface area contributed by atoms with E-state index in [1.165, 1.54) is 17.7 Å². The van der Waals surface area contributed by atoms with Gasteiger partial charge in [-0.15, -0.1) is 0 Å². The van der Waals surface area contributed by atoms with Crippen LogP contribution in [-0.4, -0.2) is 36.7 Å². The number of ether oxygens (including phenoxy) is 1. The van der Waals surface area contributed by atoms with Gasteiger partial charge >= 0.3 is 6.09 Å². The van der Waals surface area contributed by atoms with E-state index in [2.05, 4.69) is 17.4 Å². The Morgan fingerprint density at radius 3 is 2.78 bits per heavy atom. The zero-order chi connectivity index (χ0) is 18.6. The molecule has 4 rings (SSSR count). The van der Waals surface area contributed by atoms with Gasteiger partial charge in [0.05, 0.1) is 6.04 Å². The summed E-state index contributed by atoms with van der Waals surface area (Å²) in [6.07, 6.45) is 3.49. The van der Waals surface area contributed by atoms with Crippen molar-refractivity contribution in [3.05, 3.63) is 71.0 Å². The summed E-state index contributed by atoms with van der Waals surface area (Å²) in [5, 5.41) is 3.33. The molecule has 0 aromatic heterocycles. The quantitative estimate of drug-likeness (QED) is 0.869. The standard InChI is InChI=1S/C22H25FN2O2/c23-18-10-8-17(9-11-18)21-20-7-2-1-5-16(20)12-14-25(21)22(26)27-19-6-3-4-13-24-15-19/h1-2,5,7-11,19,21,24H,3-4,6,12-15H2/t19-,21-/m0/s1. The molecule has 0 unspecified atom stereocenters. The lowest BCUT2D eigenvalue weighted by molar-refractivity contribution is 0.0513. The fourth-order valence-corrected chi connectivity index (χ4v) is 4.07. The van der Waals surface area contributed by atoms with Crippen LogP contribution in [0.3, 0.4) is 0 Å². The van der Waals surface area contributed by atoms with Gasteiger partial charge in [0, 0.05) is 13.1 Å². The predicted molar refractivity (Wildman–Crippen MR) is 102 cm³/mol. The Labute approximate surface area is 159 Å². The maximum absolute atomic E-state index is 13.4. The van der Waals surface area contributed by atoms with Crippen molar-refractivity contribution >= 4 is 6.09 Å². The van der Waals surface area contributed by atoms with E-state index in [9.17, 15) is 9.18 Å². The van der Waals surface area contributed by atoms with E-state index in [1.54, 1.807) is 17.0 Å². The first kappa shape index (κ1) is 18.0. The molecule has 0 radical (unpaired) electrons. The van der Waals surface area contributed by atoms with Crippen molar-refractivity contribution in [3.63, 3.8) is 0 Å². The van der Waals surface area contributed by atoms with E-state index in [-0.39, 0.29) is 24.1 Å². The topological polar surface area (TPSA) is 41.6 Å². The molecule has 2 heterocycles. The maximum Gasteiger partial charge on any atom is 0.410 e. The lowest BCUT2D eigenvalue weighted by Crippen LogP contribution is -2.43. The molecular weight excluding hydrogens is 343 g/mol. The number of carbonyl (C=O) groups excluding carboxylic acids is 1. The summed E-state index contributed by atoms with van der Waals surface area (Å²) in [5.74, 6) is -0.276. The van der Waals surface area contributed by atoms with Gasteiger partial charge in [0.15, 0.2) is 0 Å². The summed E-state index contributed by atoms with van der Waals surface area (Å²) in [7, 11) is 0. The molecule has 142 valence electrons. The highest BCUT2D eigenvalue weighted by Gasteiger charge is 2.34. The van der Waals surface area contributed by atoms with Gasteiger partial charge in [0.25, 0.3) is 0 Å². The van der Waals surface area contributed by atoms with Crippen LogP contribution < -0.4 is 5.32 Å². The van der Waals surface area contributed by atoms with Crippen LogP contribution in [0, 0.1) is 5.82 Å². The molecule has 2 atom stereocenters. The first-order valence-electron chi connectivity index (χ1n) is 9.73. The zero-order valence-electron chi connectivity index (χ0n) is 15.4. The molecule has 27 heavy (non-hydrogen) atoms. The Morgan fingerprint density at radius 1 is 1.11 bits per heavy atom. The largest absolute Gasteiger partial charge is 0.445 e. The van der Waals surface area contributed by atoms with Crippen LogP contribution in [0.2, 0.25) is 0 Å². The zero-order valence-corrected chi connectivity index (χ0v) is 15.4. The number of fused-ring (bicyclic) bond motifs is 1. The van der Waals surface area contributed by atoms with Crippen molar-refractivity contribution in [2.24, 2.45) is 0 Å². The van der Waals surface area contributed by atoms with E-state index in [1.807, 2.05) is 12.1 Å². The summed E-state index contributed by atoms with van der Waals surface area (Å²) in [5.41, 5.74) is 3.22. The van der Waals surface area contributed by atoms with Crippen LogP contribution in [0.5, 0.6) is 0 Å². The van der Waals surface area contributed by atoms with Crippen molar-refractivity contribution in [2.75, 3.05) is 19.6 Å². The van der Waals surface area contributed by atoms with Crippen LogP contribution in [-0.2, 0) is 11.2 Å². The number of nitrogens with one attached hydrogen (secondary N) is 1. The second-order valence-corrected chi connectivity index (χ2v) is 7.30. The monoisotopic (exact) mass is 368 g/mol. The Bertz CT molecular complexity index is 785. The van der Waals surface area contributed by atoms with Crippen LogP contribution >= 0.6 is 0 Å². The molecule has 1 amide bonds. The first-order valence-corrected chi connectivity index (χ1v) is 9.73. The van der Waals surface area contributed by atoms with Crippen molar-refractivity contribution in [2.45, 2.75) is 37.8 Å². The van der Waals surface area contributed by atoms with Gasteiger partial charge in [-0.2, -0.15) is 0 Å². The van der Waals surface area contributed by atoms with Gasteiger partial charge in [0.2, 0.25) is 0 Å². The third kappa shape index (κ3) is 3.98. The van der Waals surface area contributed by atoms with E-state index in [0.717, 1.165) is 43.4 Å². The molecule has 4 nitrogen and oxygen atoms in total. The number of rotatable bonds is 2. The van der Waals surface area contributed by atoms with Crippen LogP contribution in [0.4, 0.5) is 9.18 Å². The highest BCUT2D eigenvalue weighted by Crippen LogP contribution is 2.35. The minimum Gasteiger partial charge on any atom is -0.445 e. The minimum absolute atomic E-state index is 0.0916. The fraction of sp³-hybridized carbons (Fsp3) is 0.409. The van der Waals surface area contributed by atoms with Crippen LogP contribution in [0.1, 0.15) is 42.0 Å². The third-order valence-electron chi connectivity index (χ3n) is 5.47. The summed E-state index contributed by atoms with van der Waals surface area (Å²) in [6, 6.07) is 14.3. The number of amides is 1. The first-order chi connectivity index (χ1) is 13.2. The molecule has 0 aliphatic carbocycles.